The van der Waals surface area contributed by atoms with Gasteiger partial charge in [-0.15, -0.1) is 5.73 Å². The summed E-state index contributed by atoms with van der Waals surface area (Å²) in [6.07, 6.45) is 11.1. The van der Waals surface area contributed by atoms with Crippen LogP contribution in [0.5, 0.6) is 0 Å². The van der Waals surface area contributed by atoms with Crippen LogP contribution in [0.2, 0.25) is 0 Å². The lowest BCUT2D eigenvalue weighted by atomic mass is 9.82. The van der Waals surface area contributed by atoms with Crippen molar-refractivity contribution in [2.45, 2.75) is 65.2 Å². The molecule has 0 radical (unpaired) electrons. The summed E-state index contributed by atoms with van der Waals surface area (Å²) in [7, 11) is 0. The fourth-order valence-corrected chi connectivity index (χ4v) is 2.95. The molecule has 0 aromatic rings. The van der Waals surface area contributed by atoms with Crippen LogP contribution in [0.25, 0.3) is 0 Å². The summed E-state index contributed by atoms with van der Waals surface area (Å²) >= 11 is 0. The van der Waals surface area contributed by atoms with Crippen molar-refractivity contribution < 1.29 is 0 Å². The molecule has 2 fully saturated rings. The zero-order valence-corrected chi connectivity index (χ0v) is 10.3. The van der Waals surface area contributed by atoms with Crippen LogP contribution in [0, 0.1) is 11.8 Å². The molecule has 0 saturated heterocycles. The smallest absolute Gasteiger partial charge is 0.0156 e. The average Bonchev–Trinajstić information content (AvgIpc) is 2.24. The van der Waals surface area contributed by atoms with Gasteiger partial charge >= 0.3 is 0 Å². The summed E-state index contributed by atoms with van der Waals surface area (Å²) in [5, 5.41) is 0. The van der Waals surface area contributed by atoms with Crippen molar-refractivity contribution in [3.05, 3.63) is 16.9 Å². The Morgan fingerprint density at radius 3 is 1.67 bits per heavy atom. The van der Waals surface area contributed by atoms with Gasteiger partial charge in [0.05, 0.1) is 0 Å². The van der Waals surface area contributed by atoms with E-state index in [1.165, 1.54) is 51.4 Å². The number of rotatable bonds is 0. The first-order valence-corrected chi connectivity index (χ1v) is 6.76. The normalized spacial score (nSPS) is 32.7. The van der Waals surface area contributed by atoms with Crippen molar-refractivity contribution in [1.29, 1.82) is 0 Å². The minimum Gasteiger partial charge on any atom is -0.122 e. The van der Waals surface area contributed by atoms with Crippen LogP contribution in [0.1, 0.15) is 65.2 Å². The van der Waals surface area contributed by atoms with E-state index in [2.05, 4.69) is 19.6 Å². The topological polar surface area (TPSA) is 0 Å². The standard InChI is InChI=1S/C15H24/c1-12-7-3-5-9-14(12)11-15-10-6-4-8-13(15)2/h12-13H,3-10H2,1-2H3. The third-order valence-corrected chi connectivity index (χ3v) is 4.18. The Morgan fingerprint density at radius 2 is 1.27 bits per heavy atom. The first-order valence-electron chi connectivity index (χ1n) is 6.76. The lowest BCUT2D eigenvalue weighted by molar-refractivity contribution is 0.471. The molecule has 0 aromatic heterocycles. The molecule has 2 aliphatic rings. The summed E-state index contributed by atoms with van der Waals surface area (Å²) < 4.78 is 0. The molecular weight excluding hydrogens is 180 g/mol. The Balaban J connectivity index is 2.19. The van der Waals surface area contributed by atoms with Gasteiger partial charge in [-0.25, -0.2) is 0 Å². The molecule has 2 unspecified atom stereocenters. The van der Waals surface area contributed by atoms with Crippen molar-refractivity contribution in [2.24, 2.45) is 11.8 Å². The van der Waals surface area contributed by atoms with E-state index in [9.17, 15) is 0 Å². The number of allylic oxidation sites excluding steroid dienone is 1. The molecule has 2 saturated carbocycles. The van der Waals surface area contributed by atoms with Gasteiger partial charge in [0.1, 0.15) is 0 Å². The maximum atomic E-state index is 3.79. The zero-order valence-electron chi connectivity index (χ0n) is 10.3. The second kappa shape index (κ2) is 5.03. The molecule has 2 aliphatic carbocycles. The van der Waals surface area contributed by atoms with Gasteiger partial charge in [0.2, 0.25) is 0 Å². The molecule has 0 N–H and O–H groups in total. The Kier molecular flexibility index (Phi) is 3.70. The third-order valence-electron chi connectivity index (χ3n) is 4.18. The fourth-order valence-electron chi connectivity index (χ4n) is 2.95. The first kappa shape index (κ1) is 11.0. The van der Waals surface area contributed by atoms with E-state index in [-0.39, 0.29) is 0 Å². The molecule has 84 valence electrons. The highest BCUT2D eigenvalue weighted by Crippen LogP contribution is 2.32. The van der Waals surface area contributed by atoms with Gasteiger partial charge < -0.3 is 0 Å². The van der Waals surface area contributed by atoms with Gasteiger partial charge in [0, 0.05) is 0 Å². The Hall–Kier alpha value is -0.480. The molecule has 0 nitrogen and oxygen atoms in total. The lowest BCUT2D eigenvalue weighted by Gasteiger charge is -2.23. The zero-order chi connectivity index (χ0) is 10.7. The second-order valence-electron chi connectivity index (χ2n) is 5.47. The van der Waals surface area contributed by atoms with Crippen molar-refractivity contribution in [2.75, 3.05) is 0 Å². The Labute approximate surface area is 94.5 Å². The van der Waals surface area contributed by atoms with Gasteiger partial charge in [-0.3, -0.25) is 0 Å². The van der Waals surface area contributed by atoms with Crippen molar-refractivity contribution in [3.8, 4) is 0 Å². The lowest BCUT2D eigenvalue weighted by Crippen LogP contribution is -2.08. The van der Waals surface area contributed by atoms with E-state index < -0.39 is 0 Å². The third kappa shape index (κ3) is 2.75. The molecule has 0 aliphatic heterocycles. The van der Waals surface area contributed by atoms with E-state index in [0.29, 0.717) is 0 Å². The van der Waals surface area contributed by atoms with Crippen LogP contribution in [0.4, 0.5) is 0 Å². The second-order valence-corrected chi connectivity index (χ2v) is 5.47. The minimum atomic E-state index is 0.806. The first-order chi connectivity index (χ1) is 7.27. The number of hydrogen-bond donors (Lipinski definition) is 0. The van der Waals surface area contributed by atoms with Crippen LogP contribution in [0.15, 0.2) is 16.9 Å². The summed E-state index contributed by atoms with van der Waals surface area (Å²) in [4.78, 5) is 0. The Morgan fingerprint density at radius 1 is 0.800 bits per heavy atom. The fraction of sp³-hybridized carbons (Fsp3) is 0.800. The van der Waals surface area contributed by atoms with Crippen LogP contribution in [0.3, 0.4) is 0 Å². The summed E-state index contributed by atoms with van der Waals surface area (Å²) in [5.74, 6) is 1.61. The number of hydrogen-bond acceptors (Lipinski definition) is 0. The van der Waals surface area contributed by atoms with E-state index in [0.717, 1.165) is 11.8 Å². The molecule has 0 heterocycles. The van der Waals surface area contributed by atoms with Gasteiger partial charge in [0.15, 0.2) is 0 Å². The molecule has 15 heavy (non-hydrogen) atoms. The quantitative estimate of drug-likeness (QED) is 0.494. The largest absolute Gasteiger partial charge is 0.122 e. The predicted octanol–water partition coefficient (Wildman–Crippen LogP) is 4.86. The molecule has 0 heteroatoms. The van der Waals surface area contributed by atoms with E-state index in [1.54, 1.807) is 11.1 Å². The molecule has 0 amide bonds. The van der Waals surface area contributed by atoms with E-state index in [4.69, 9.17) is 0 Å². The highest BCUT2D eigenvalue weighted by Gasteiger charge is 2.17. The highest BCUT2D eigenvalue weighted by molar-refractivity contribution is 5.16. The molecule has 2 rings (SSSR count). The maximum Gasteiger partial charge on any atom is -0.0156 e. The average molecular weight is 204 g/mol. The molecule has 0 aromatic carbocycles. The monoisotopic (exact) mass is 204 g/mol. The van der Waals surface area contributed by atoms with Crippen LogP contribution in [-0.4, -0.2) is 0 Å². The molecular formula is C15H24. The van der Waals surface area contributed by atoms with Gasteiger partial charge in [-0.1, -0.05) is 26.7 Å². The predicted molar refractivity (Wildman–Crippen MR) is 65.8 cm³/mol. The van der Waals surface area contributed by atoms with Crippen molar-refractivity contribution in [3.63, 3.8) is 0 Å². The van der Waals surface area contributed by atoms with Gasteiger partial charge in [-0.05, 0) is 61.5 Å². The van der Waals surface area contributed by atoms with Crippen molar-refractivity contribution in [1.82, 2.24) is 0 Å². The highest BCUT2D eigenvalue weighted by atomic mass is 14.2. The maximum absolute atomic E-state index is 3.79. The minimum absolute atomic E-state index is 0.806. The summed E-state index contributed by atoms with van der Waals surface area (Å²) in [6, 6.07) is 0. The van der Waals surface area contributed by atoms with Crippen molar-refractivity contribution >= 4 is 0 Å². The van der Waals surface area contributed by atoms with Gasteiger partial charge in [-0.2, -0.15) is 0 Å². The van der Waals surface area contributed by atoms with Crippen LogP contribution in [-0.2, 0) is 0 Å². The summed E-state index contributed by atoms with van der Waals surface area (Å²) in [6.45, 7) is 4.77. The SMILES string of the molecule is CC1CCCCC1=C=C1CCCCC1C. The van der Waals surface area contributed by atoms with E-state index >= 15 is 0 Å². The summed E-state index contributed by atoms with van der Waals surface area (Å²) in [5.41, 5.74) is 7.05. The van der Waals surface area contributed by atoms with Crippen LogP contribution >= 0.6 is 0 Å². The molecule has 2 atom stereocenters. The van der Waals surface area contributed by atoms with Gasteiger partial charge in [0.25, 0.3) is 0 Å². The Bertz CT molecular complexity index is 252. The molecule has 0 bridgehead atoms. The van der Waals surface area contributed by atoms with E-state index in [1.807, 2.05) is 0 Å². The van der Waals surface area contributed by atoms with Crippen LogP contribution < -0.4 is 0 Å². The molecule has 0 spiro atoms.